The molecule has 2 fully saturated rings. The number of likely N-dealkylation sites (tertiary alicyclic amines) is 1. The second kappa shape index (κ2) is 17.5. The molecule has 3 aliphatic heterocycles. The molecule has 2 saturated heterocycles. The van der Waals surface area contributed by atoms with Crippen LogP contribution in [0.1, 0.15) is 44.9 Å². The van der Waals surface area contributed by atoms with Crippen LogP contribution in [0.15, 0.2) is 42.5 Å². The van der Waals surface area contributed by atoms with Crippen molar-refractivity contribution in [3.63, 3.8) is 0 Å². The number of anilines is 2. The normalized spacial score (nSPS) is 22.0. The first-order valence-electron chi connectivity index (χ1n) is 19.0. The van der Waals surface area contributed by atoms with E-state index in [0.29, 0.717) is 71.7 Å². The van der Waals surface area contributed by atoms with E-state index in [-0.39, 0.29) is 31.7 Å². The first-order chi connectivity index (χ1) is 26.0. The molecule has 3 aromatic rings. The summed E-state index contributed by atoms with van der Waals surface area (Å²) in [5.41, 5.74) is 1.60. The number of piperazine rings is 1. The highest BCUT2D eigenvalue weighted by molar-refractivity contribution is 5.94. The number of aliphatic hydroxyl groups is 1. The van der Waals surface area contributed by atoms with E-state index in [0.717, 1.165) is 42.3 Å². The summed E-state index contributed by atoms with van der Waals surface area (Å²) < 4.78 is 23.4. The molecular weight excluding hydrogens is 690 g/mol. The molecule has 14 nitrogen and oxygen atoms in total. The minimum Gasteiger partial charge on any atom is -0.465 e. The molecule has 6 rings (SSSR count). The van der Waals surface area contributed by atoms with E-state index in [4.69, 9.17) is 34.0 Å². The Morgan fingerprint density at radius 1 is 1.00 bits per heavy atom. The molecule has 0 spiro atoms. The largest absolute Gasteiger partial charge is 0.465 e. The number of carboxylic acid groups (broad SMARTS) is 1. The standard InChI is InChI=1S/C40H55N7O7/c1-39(2,3)40(13-14-41)28-46(16-17-47(40)38(49)50)36-33-12-15-45(35-11-7-9-29-8-5-6-10-32(29)35)26-34(33)42-37(43-36)54-27-30-24-31(25-44(30)4)53-23-22-52-21-20-51-19-18-48/h5-11,30-31,48H,12-13,15-28H2,1-4H3,(H,49,50)/t30-,31+,40+/m0/s1. The molecule has 0 aliphatic carbocycles. The van der Waals surface area contributed by atoms with Gasteiger partial charge in [0.1, 0.15) is 12.4 Å². The van der Waals surface area contributed by atoms with Crippen molar-refractivity contribution in [3.8, 4) is 12.1 Å². The van der Waals surface area contributed by atoms with Crippen LogP contribution in [0, 0.1) is 16.7 Å². The van der Waals surface area contributed by atoms with Crippen molar-refractivity contribution >= 4 is 28.4 Å². The lowest BCUT2D eigenvalue weighted by Gasteiger charge is -2.55. The Bertz CT molecular complexity index is 1780. The lowest BCUT2D eigenvalue weighted by molar-refractivity contribution is -0.0113. The molecular formula is C40H55N7O7. The predicted molar refractivity (Wildman–Crippen MR) is 205 cm³/mol. The van der Waals surface area contributed by atoms with Crippen LogP contribution in [-0.4, -0.2) is 140 Å². The smallest absolute Gasteiger partial charge is 0.407 e. The van der Waals surface area contributed by atoms with Crippen LogP contribution in [0.4, 0.5) is 16.3 Å². The first-order valence-corrected chi connectivity index (χ1v) is 19.0. The second-order valence-electron chi connectivity index (χ2n) is 15.5. The molecule has 3 aliphatic rings. The third-order valence-electron chi connectivity index (χ3n) is 11.2. The summed E-state index contributed by atoms with van der Waals surface area (Å²) in [6, 6.07) is 17.5. The predicted octanol–water partition coefficient (Wildman–Crippen LogP) is 4.18. The number of carbonyl (C=O) groups is 1. The summed E-state index contributed by atoms with van der Waals surface area (Å²) in [6.45, 7) is 11.7. The van der Waals surface area contributed by atoms with Crippen LogP contribution >= 0.6 is 0 Å². The van der Waals surface area contributed by atoms with E-state index in [9.17, 15) is 15.2 Å². The van der Waals surface area contributed by atoms with Crippen molar-refractivity contribution in [2.24, 2.45) is 5.41 Å². The number of ether oxygens (including phenoxy) is 4. The van der Waals surface area contributed by atoms with Gasteiger partial charge in [-0.05, 0) is 36.8 Å². The number of fused-ring (bicyclic) bond motifs is 2. The van der Waals surface area contributed by atoms with E-state index in [1.807, 2.05) is 20.8 Å². The van der Waals surface area contributed by atoms with Crippen molar-refractivity contribution in [1.82, 2.24) is 19.8 Å². The van der Waals surface area contributed by atoms with E-state index < -0.39 is 17.0 Å². The molecule has 3 atom stereocenters. The summed E-state index contributed by atoms with van der Waals surface area (Å²) in [5.74, 6) is 0.756. The molecule has 4 heterocycles. The number of aliphatic hydroxyl groups excluding tert-OH is 1. The zero-order valence-corrected chi connectivity index (χ0v) is 32.1. The van der Waals surface area contributed by atoms with Gasteiger partial charge in [0.25, 0.3) is 0 Å². The average Bonchev–Trinajstić information content (AvgIpc) is 3.52. The van der Waals surface area contributed by atoms with Gasteiger partial charge in [-0.15, -0.1) is 0 Å². The number of hydrogen-bond donors (Lipinski definition) is 2. The van der Waals surface area contributed by atoms with Gasteiger partial charge in [-0.25, -0.2) is 4.79 Å². The Morgan fingerprint density at radius 3 is 2.52 bits per heavy atom. The number of benzene rings is 2. The molecule has 292 valence electrons. The van der Waals surface area contributed by atoms with Gasteiger partial charge in [0, 0.05) is 55.4 Å². The van der Waals surface area contributed by atoms with Crippen LogP contribution in [0.3, 0.4) is 0 Å². The second-order valence-corrected chi connectivity index (χ2v) is 15.5. The van der Waals surface area contributed by atoms with Gasteiger partial charge in [-0.2, -0.15) is 15.2 Å². The Labute approximate surface area is 318 Å². The van der Waals surface area contributed by atoms with Crippen LogP contribution in [0.2, 0.25) is 0 Å². The van der Waals surface area contributed by atoms with Gasteiger partial charge >= 0.3 is 12.1 Å². The van der Waals surface area contributed by atoms with Gasteiger partial charge < -0.3 is 39.0 Å². The topological polar surface area (TPSA) is 157 Å². The number of amides is 1. The summed E-state index contributed by atoms with van der Waals surface area (Å²) in [4.78, 5) is 30.9. The quantitative estimate of drug-likeness (QED) is 0.214. The van der Waals surface area contributed by atoms with Gasteiger partial charge in [-0.1, -0.05) is 57.2 Å². The maximum Gasteiger partial charge on any atom is 0.407 e. The van der Waals surface area contributed by atoms with Gasteiger partial charge in [0.15, 0.2) is 0 Å². The highest BCUT2D eigenvalue weighted by atomic mass is 16.5. The minimum absolute atomic E-state index is 0.000760. The van der Waals surface area contributed by atoms with E-state index in [2.05, 4.69) is 70.3 Å². The van der Waals surface area contributed by atoms with Crippen molar-refractivity contribution in [2.45, 2.75) is 64.3 Å². The Kier molecular flexibility index (Phi) is 12.8. The molecule has 0 unspecified atom stereocenters. The molecule has 0 saturated carbocycles. The maximum absolute atomic E-state index is 12.6. The monoisotopic (exact) mass is 745 g/mol. The van der Waals surface area contributed by atoms with Gasteiger partial charge in [0.05, 0.1) is 76.0 Å². The Hall–Kier alpha value is -4.26. The number of aromatic nitrogens is 2. The summed E-state index contributed by atoms with van der Waals surface area (Å²) in [6.07, 6.45) is 0.592. The average molecular weight is 746 g/mol. The number of hydrogen-bond acceptors (Lipinski definition) is 12. The third-order valence-corrected chi connectivity index (χ3v) is 11.2. The summed E-state index contributed by atoms with van der Waals surface area (Å²) in [5, 5.41) is 31.5. The van der Waals surface area contributed by atoms with Crippen LogP contribution < -0.4 is 14.5 Å². The lowest BCUT2D eigenvalue weighted by Crippen LogP contribution is -2.69. The molecule has 0 radical (unpaired) electrons. The molecule has 14 heteroatoms. The molecule has 1 aromatic heterocycles. The van der Waals surface area contributed by atoms with Gasteiger partial charge in [-0.3, -0.25) is 9.80 Å². The van der Waals surface area contributed by atoms with E-state index in [1.165, 1.54) is 15.7 Å². The molecule has 2 N–H and O–H groups in total. The van der Waals surface area contributed by atoms with Crippen molar-refractivity contribution < 1.29 is 34.0 Å². The lowest BCUT2D eigenvalue weighted by atomic mass is 9.69. The minimum atomic E-state index is -1.02. The van der Waals surface area contributed by atoms with Crippen LogP contribution in [0.5, 0.6) is 6.01 Å². The molecule has 2 aromatic carbocycles. The summed E-state index contributed by atoms with van der Waals surface area (Å²) in [7, 11) is 2.07. The van der Waals surface area contributed by atoms with Crippen molar-refractivity contribution in [2.75, 3.05) is 95.8 Å². The molecule has 0 bridgehead atoms. The van der Waals surface area contributed by atoms with E-state index in [1.54, 1.807) is 0 Å². The maximum atomic E-state index is 12.6. The van der Waals surface area contributed by atoms with Gasteiger partial charge in [0.2, 0.25) is 0 Å². The number of likely N-dealkylation sites (N-methyl/N-ethyl adjacent to an activating group) is 1. The van der Waals surface area contributed by atoms with Crippen LogP contribution in [0.25, 0.3) is 10.8 Å². The number of nitriles is 1. The zero-order valence-electron chi connectivity index (χ0n) is 32.1. The Morgan fingerprint density at radius 2 is 1.76 bits per heavy atom. The molecule has 1 amide bonds. The highest BCUT2D eigenvalue weighted by Crippen LogP contribution is 2.43. The summed E-state index contributed by atoms with van der Waals surface area (Å²) >= 11 is 0. The fourth-order valence-electron chi connectivity index (χ4n) is 8.14. The van der Waals surface area contributed by atoms with E-state index >= 15 is 0 Å². The highest BCUT2D eigenvalue weighted by Gasteiger charge is 2.53. The fourth-order valence-corrected chi connectivity index (χ4v) is 8.14. The van der Waals surface area contributed by atoms with Crippen molar-refractivity contribution in [1.29, 1.82) is 5.26 Å². The third kappa shape index (κ3) is 8.66. The van der Waals surface area contributed by atoms with Crippen molar-refractivity contribution in [3.05, 3.63) is 53.7 Å². The number of nitrogens with zero attached hydrogens (tertiary/aromatic N) is 7. The molecule has 54 heavy (non-hydrogen) atoms. The first kappa shape index (κ1) is 39.4. The fraction of sp³-hybridized carbons (Fsp3) is 0.600. The zero-order chi connectivity index (χ0) is 38.3. The Balaban J connectivity index is 1.22. The van der Waals surface area contributed by atoms with Crippen LogP contribution in [-0.2, 0) is 27.2 Å². The number of rotatable bonds is 15. The SMILES string of the molecule is CN1C[C@H](OCCOCCOCCO)C[C@H]1COc1nc2c(c(N3CCN(C(=O)O)[C@@](CC#N)(C(C)(C)C)C3)n1)CCN(c1cccc3ccccc13)C2.